The third-order valence-corrected chi connectivity index (χ3v) is 4.01. The number of aromatic nitrogens is 2. The Balaban J connectivity index is 2.02. The maximum Gasteiger partial charge on any atom is 0.129 e. The van der Waals surface area contributed by atoms with Gasteiger partial charge < -0.3 is 5.32 Å². The standard InChI is InChI=1S/C11H14ClN3S2/c1-16-7-3-2-6-13-10-8(12)4-5-9-11(10)15-17-14-9/h4-5,13H,2-3,6-7H2,1H3. The van der Waals surface area contributed by atoms with Crippen molar-refractivity contribution >= 4 is 51.8 Å². The fourth-order valence-corrected chi connectivity index (χ4v) is 2.83. The predicted octanol–water partition coefficient (Wildman–Crippen LogP) is 3.90. The molecule has 0 bridgehead atoms. The fraction of sp³-hybridized carbons (Fsp3) is 0.455. The minimum absolute atomic E-state index is 0.718. The monoisotopic (exact) mass is 287 g/mol. The molecule has 0 radical (unpaired) electrons. The lowest BCUT2D eigenvalue weighted by molar-refractivity contribution is 0.844. The van der Waals surface area contributed by atoms with Gasteiger partial charge in [-0.1, -0.05) is 11.6 Å². The van der Waals surface area contributed by atoms with Gasteiger partial charge in [0, 0.05) is 6.54 Å². The number of unbranched alkanes of at least 4 members (excludes halogenated alkanes) is 1. The zero-order chi connectivity index (χ0) is 12.1. The molecule has 3 nitrogen and oxygen atoms in total. The van der Waals surface area contributed by atoms with Crippen LogP contribution in [0.15, 0.2) is 12.1 Å². The summed E-state index contributed by atoms with van der Waals surface area (Å²) in [5.41, 5.74) is 2.71. The summed E-state index contributed by atoms with van der Waals surface area (Å²) in [7, 11) is 0. The van der Waals surface area contributed by atoms with Crippen molar-refractivity contribution in [3.8, 4) is 0 Å². The van der Waals surface area contributed by atoms with Crippen molar-refractivity contribution in [3.63, 3.8) is 0 Å². The lowest BCUT2D eigenvalue weighted by Crippen LogP contribution is -2.03. The van der Waals surface area contributed by atoms with Crippen molar-refractivity contribution in [1.29, 1.82) is 0 Å². The molecule has 1 heterocycles. The van der Waals surface area contributed by atoms with E-state index in [9.17, 15) is 0 Å². The van der Waals surface area contributed by atoms with Crippen molar-refractivity contribution in [1.82, 2.24) is 8.75 Å². The number of nitrogens with zero attached hydrogens (tertiary/aromatic N) is 2. The Morgan fingerprint density at radius 1 is 1.35 bits per heavy atom. The van der Waals surface area contributed by atoms with E-state index in [2.05, 4.69) is 20.3 Å². The van der Waals surface area contributed by atoms with E-state index >= 15 is 0 Å². The third-order valence-electron chi connectivity index (χ3n) is 2.45. The van der Waals surface area contributed by atoms with Gasteiger partial charge in [0.25, 0.3) is 0 Å². The quantitative estimate of drug-likeness (QED) is 0.818. The van der Waals surface area contributed by atoms with Gasteiger partial charge in [-0.3, -0.25) is 0 Å². The summed E-state index contributed by atoms with van der Waals surface area (Å²) in [6.07, 6.45) is 4.49. The summed E-state index contributed by atoms with van der Waals surface area (Å²) < 4.78 is 8.48. The van der Waals surface area contributed by atoms with E-state index in [0.29, 0.717) is 0 Å². The molecule has 0 aliphatic rings. The molecule has 0 saturated carbocycles. The molecule has 92 valence electrons. The second-order valence-corrected chi connectivity index (χ2v) is 5.60. The molecule has 0 unspecified atom stereocenters. The number of anilines is 1. The number of nitrogens with one attached hydrogen (secondary N) is 1. The van der Waals surface area contributed by atoms with Crippen molar-refractivity contribution in [2.75, 3.05) is 23.9 Å². The first-order chi connectivity index (χ1) is 8.33. The molecule has 2 aromatic rings. The van der Waals surface area contributed by atoms with Crippen LogP contribution in [0.4, 0.5) is 5.69 Å². The molecular formula is C11H14ClN3S2. The van der Waals surface area contributed by atoms with Crippen LogP contribution >= 0.6 is 35.1 Å². The number of thioether (sulfide) groups is 1. The van der Waals surface area contributed by atoms with Gasteiger partial charge >= 0.3 is 0 Å². The van der Waals surface area contributed by atoms with Gasteiger partial charge in [-0.25, -0.2) is 0 Å². The van der Waals surface area contributed by atoms with Crippen LogP contribution in [-0.4, -0.2) is 27.3 Å². The summed E-state index contributed by atoms with van der Waals surface area (Å²) in [5.74, 6) is 1.21. The predicted molar refractivity (Wildman–Crippen MR) is 78.5 cm³/mol. The highest BCUT2D eigenvalue weighted by molar-refractivity contribution is 7.98. The SMILES string of the molecule is CSCCCCNc1c(Cl)ccc2nsnc12. The summed E-state index contributed by atoms with van der Waals surface area (Å²) in [6.45, 7) is 0.928. The van der Waals surface area contributed by atoms with Gasteiger partial charge in [-0.05, 0) is 37.0 Å². The van der Waals surface area contributed by atoms with Crippen molar-refractivity contribution in [2.24, 2.45) is 0 Å². The largest absolute Gasteiger partial charge is 0.382 e. The lowest BCUT2D eigenvalue weighted by atomic mass is 10.2. The Kier molecular flexibility index (Phi) is 4.88. The molecule has 0 fully saturated rings. The van der Waals surface area contributed by atoms with Gasteiger partial charge in [-0.2, -0.15) is 20.5 Å². The van der Waals surface area contributed by atoms with Gasteiger partial charge in [0.1, 0.15) is 11.0 Å². The molecule has 6 heteroatoms. The van der Waals surface area contributed by atoms with Crippen molar-refractivity contribution in [3.05, 3.63) is 17.2 Å². The molecular weight excluding hydrogens is 274 g/mol. The molecule has 1 aromatic heterocycles. The van der Waals surface area contributed by atoms with Crippen LogP contribution in [-0.2, 0) is 0 Å². The Bertz CT molecular complexity index is 487. The van der Waals surface area contributed by atoms with Crippen LogP contribution in [0.5, 0.6) is 0 Å². The van der Waals surface area contributed by atoms with Gasteiger partial charge in [0.2, 0.25) is 0 Å². The first-order valence-electron chi connectivity index (χ1n) is 5.46. The molecule has 17 heavy (non-hydrogen) atoms. The van der Waals surface area contributed by atoms with Crippen molar-refractivity contribution < 1.29 is 0 Å². The number of fused-ring (bicyclic) bond motifs is 1. The van der Waals surface area contributed by atoms with Gasteiger partial charge in [0.05, 0.1) is 22.4 Å². The van der Waals surface area contributed by atoms with E-state index in [-0.39, 0.29) is 0 Å². The molecule has 1 N–H and O–H groups in total. The highest BCUT2D eigenvalue weighted by Gasteiger charge is 2.08. The van der Waals surface area contributed by atoms with E-state index in [4.69, 9.17) is 11.6 Å². The zero-order valence-corrected chi connectivity index (χ0v) is 12.0. The normalized spacial score (nSPS) is 10.9. The Hall–Kier alpha value is -0.520. The average Bonchev–Trinajstić information content (AvgIpc) is 2.79. The van der Waals surface area contributed by atoms with E-state index in [1.54, 1.807) is 0 Å². The van der Waals surface area contributed by atoms with E-state index in [1.165, 1.54) is 23.9 Å². The maximum atomic E-state index is 6.17. The summed E-state index contributed by atoms with van der Waals surface area (Å²) in [4.78, 5) is 0. The fourth-order valence-electron chi connectivity index (χ4n) is 1.58. The van der Waals surface area contributed by atoms with E-state index < -0.39 is 0 Å². The molecule has 1 aromatic carbocycles. The summed E-state index contributed by atoms with van der Waals surface area (Å²) >= 11 is 9.27. The van der Waals surface area contributed by atoms with Crippen molar-refractivity contribution in [2.45, 2.75) is 12.8 Å². The smallest absolute Gasteiger partial charge is 0.129 e. The van der Waals surface area contributed by atoms with Gasteiger partial charge in [0.15, 0.2) is 0 Å². The molecule has 0 aliphatic heterocycles. The van der Waals surface area contributed by atoms with Crippen LogP contribution in [0, 0.1) is 0 Å². The number of benzene rings is 1. The third kappa shape index (κ3) is 3.24. The first kappa shape index (κ1) is 12.9. The topological polar surface area (TPSA) is 37.8 Å². The van der Waals surface area contributed by atoms with Gasteiger partial charge in [-0.15, -0.1) is 0 Å². The summed E-state index contributed by atoms with van der Waals surface area (Å²) in [5, 5.41) is 4.08. The number of hydrogen-bond donors (Lipinski definition) is 1. The first-order valence-corrected chi connectivity index (χ1v) is 7.96. The van der Waals surface area contributed by atoms with Crippen LogP contribution in [0.2, 0.25) is 5.02 Å². The van der Waals surface area contributed by atoms with Crippen LogP contribution < -0.4 is 5.32 Å². The number of rotatable bonds is 6. The van der Waals surface area contributed by atoms with E-state index in [0.717, 1.165) is 34.7 Å². The second kappa shape index (κ2) is 6.42. The Labute approximate surface area is 114 Å². The second-order valence-electron chi connectivity index (χ2n) is 3.68. The molecule has 0 spiro atoms. The van der Waals surface area contributed by atoms with E-state index in [1.807, 2.05) is 23.9 Å². The number of hydrogen-bond acceptors (Lipinski definition) is 5. The molecule has 0 saturated heterocycles. The Morgan fingerprint density at radius 3 is 3.06 bits per heavy atom. The van der Waals surface area contributed by atoms with Crippen LogP contribution in [0.3, 0.4) is 0 Å². The van der Waals surface area contributed by atoms with Crippen LogP contribution in [0.1, 0.15) is 12.8 Å². The van der Waals surface area contributed by atoms with Crippen LogP contribution in [0.25, 0.3) is 11.0 Å². The molecule has 2 rings (SSSR count). The lowest BCUT2D eigenvalue weighted by Gasteiger charge is -2.08. The molecule has 0 atom stereocenters. The number of halogens is 1. The highest BCUT2D eigenvalue weighted by atomic mass is 35.5. The minimum Gasteiger partial charge on any atom is -0.382 e. The zero-order valence-electron chi connectivity index (χ0n) is 9.57. The highest BCUT2D eigenvalue weighted by Crippen LogP contribution is 2.29. The minimum atomic E-state index is 0.718. The Morgan fingerprint density at radius 2 is 2.24 bits per heavy atom. The molecule has 0 amide bonds. The summed E-state index contributed by atoms with van der Waals surface area (Å²) in [6, 6.07) is 3.77. The average molecular weight is 288 g/mol. The maximum absolute atomic E-state index is 6.17. The molecule has 0 aliphatic carbocycles.